The molecule has 0 atom stereocenters. The first kappa shape index (κ1) is 20.0. The highest BCUT2D eigenvalue weighted by Gasteiger charge is 2.18. The van der Waals surface area contributed by atoms with E-state index in [0.717, 1.165) is 6.04 Å². The van der Waals surface area contributed by atoms with E-state index < -0.39 is 0 Å². The zero-order valence-corrected chi connectivity index (χ0v) is 15.8. The topological polar surface area (TPSA) is 3.24 Å². The maximum absolute atomic E-state index is 2.87. The van der Waals surface area contributed by atoms with Gasteiger partial charge in [0.25, 0.3) is 0 Å². The number of rotatable bonds is 13. The van der Waals surface area contributed by atoms with Gasteiger partial charge in [-0.2, -0.15) is 0 Å². The molecule has 0 N–H and O–H groups in total. The summed E-state index contributed by atoms with van der Waals surface area (Å²) < 4.78 is 0. The van der Waals surface area contributed by atoms with Crippen molar-refractivity contribution in [2.24, 2.45) is 0 Å². The van der Waals surface area contributed by atoms with Crippen LogP contribution in [0.15, 0.2) is 0 Å². The summed E-state index contributed by atoms with van der Waals surface area (Å²) in [6.07, 6.45) is 23.2. The van der Waals surface area contributed by atoms with E-state index >= 15 is 0 Å². The van der Waals surface area contributed by atoms with Crippen LogP contribution in [0.2, 0.25) is 0 Å². The van der Waals surface area contributed by atoms with E-state index in [-0.39, 0.29) is 0 Å². The maximum Gasteiger partial charge on any atom is 0.00952 e. The van der Waals surface area contributed by atoms with Crippen molar-refractivity contribution in [1.29, 1.82) is 0 Å². The van der Waals surface area contributed by atoms with Crippen molar-refractivity contribution in [3.63, 3.8) is 0 Å². The predicted octanol–water partition coefficient (Wildman–Crippen LogP) is 6.95. The molecule has 132 valence electrons. The van der Waals surface area contributed by atoms with Crippen molar-refractivity contribution < 1.29 is 0 Å². The molecule has 0 aliphatic carbocycles. The molecule has 0 spiro atoms. The van der Waals surface area contributed by atoms with Crippen LogP contribution >= 0.6 is 0 Å². The Morgan fingerprint density at radius 3 is 1.50 bits per heavy atom. The summed E-state index contributed by atoms with van der Waals surface area (Å²) in [6, 6.07) is 0.904. The van der Waals surface area contributed by atoms with Crippen molar-refractivity contribution in [3.8, 4) is 0 Å². The van der Waals surface area contributed by atoms with Gasteiger partial charge >= 0.3 is 0 Å². The molecule has 1 saturated heterocycles. The largest absolute Gasteiger partial charge is 0.300 e. The second-order valence-electron chi connectivity index (χ2n) is 7.51. The zero-order chi connectivity index (χ0) is 15.9. The van der Waals surface area contributed by atoms with Crippen molar-refractivity contribution in [2.75, 3.05) is 13.1 Å². The summed E-state index contributed by atoms with van der Waals surface area (Å²) in [5.41, 5.74) is 0. The third-order valence-corrected chi connectivity index (χ3v) is 5.44. The van der Waals surface area contributed by atoms with Gasteiger partial charge in [0.1, 0.15) is 0 Å². The third-order valence-electron chi connectivity index (χ3n) is 5.44. The molecule has 1 aliphatic rings. The molecule has 0 aromatic carbocycles. The molecule has 0 saturated carbocycles. The van der Waals surface area contributed by atoms with Crippen molar-refractivity contribution >= 4 is 0 Å². The van der Waals surface area contributed by atoms with Crippen LogP contribution in [-0.4, -0.2) is 24.0 Å². The van der Waals surface area contributed by atoms with Gasteiger partial charge in [-0.3, -0.25) is 0 Å². The molecular formula is C21H43N. The van der Waals surface area contributed by atoms with Gasteiger partial charge in [-0.05, 0) is 38.8 Å². The first-order valence-corrected chi connectivity index (χ1v) is 10.6. The minimum atomic E-state index is 0.904. The molecule has 0 aromatic heterocycles. The van der Waals surface area contributed by atoms with Gasteiger partial charge in [-0.25, -0.2) is 0 Å². The smallest absolute Gasteiger partial charge is 0.00952 e. The van der Waals surface area contributed by atoms with E-state index in [1.165, 1.54) is 116 Å². The lowest BCUT2D eigenvalue weighted by Gasteiger charge is -2.31. The van der Waals surface area contributed by atoms with Gasteiger partial charge in [0.2, 0.25) is 0 Å². The number of nitrogens with zero attached hydrogens (tertiary/aromatic N) is 1. The minimum absolute atomic E-state index is 0.904. The van der Waals surface area contributed by atoms with Gasteiger partial charge < -0.3 is 4.90 Å². The highest BCUT2D eigenvalue weighted by molar-refractivity contribution is 4.74. The molecule has 1 rings (SSSR count). The van der Waals surface area contributed by atoms with Gasteiger partial charge in [0.05, 0.1) is 0 Å². The highest BCUT2D eigenvalue weighted by atomic mass is 15.1. The van der Waals surface area contributed by atoms with Crippen LogP contribution in [0.4, 0.5) is 0 Å². The van der Waals surface area contributed by atoms with E-state index in [4.69, 9.17) is 0 Å². The van der Waals surface area contributed by atoms with Crippen LogP contribution in [0.5, 0.6) is 0 Å². The van der Waals surface area contributed by atoms with Crippen LogP contribution in [0.1, 0.15) is 117 Å². The summed E-state index contributed by atoms with van der Waals surface area (Å²) in [5.74, 6) is 0. The molecular weight excluding hydrogens is 266 g/mol. The van der Waals surface area contributed by atoms with E-state index in [1.807, 2.05) is 0 Å². The Morgan fingerprint density at radius 1 is 0.591 bits per heavy atom. The zero-order valence-electron chi connectivity index (χ0n) is 15.8. The van der Waals surface area contributed by atoms with Gasteiger partial charge in [0, 0.05) is 6.04 Å². The van der Waals surface area contributed by atoms with Crippen molar-refractivity contribution in [1.82, 2.24) is 4.90 Å². The highest BCUT2D eigenvalue weighted by Crippen LogP contribution is 2.21. The maximum atomic E-state index is 2.87. The van der Waals surface area contributed by atoms with Gasteiger partial charge in [-0.15, -0.1) is 0 Å². The summed E-state index contributed by atoms with van der Waals surface area (Å²) in [6.45, 7) is 7.40. The Hall–Kier alpha value is -0.0400. The number of hydrogen-bond acceptors (Lipinski definition) is 1. The SMILES string of the molecule is CCCCCCCC(CCCCCCC)N1CCCCCC1. The summed E-state index contributed by atoms with van der Waals surface area (Å²) >= 11 is 0. The molecule has 1 nitrogen and oxygen atoms in total. The Balaban J connectivity index is 2.27. The summed E-state index contributed by atoms with van der Waals surface area (Å²) in [5, 5.41) is 0. The molecule has 0 aromatic rings. The Labute approximate surface area is 141 Å². The van der Waals surface area contributed by atoms with E-state index in [1.54, 1.807) is 0 Å². The third kappa shape index (κ3) is 9.87. The van der Waals surface area contributed by atoms with Crippen LogP contribution in [0, 0.1) is 0 Å². The fraction of sp³-hybridized carbons (Fsp3) is 1.00. The number of unbranched alkanes of at least 4 members (excludes halogenated alkanes) is 8. The Morgan fingerprint density at radius 2 is 1.05 bits per heavy atom. The molecule has 22 heavy (non-hydrogen) atoms. The molecule has 0 radical (unpaired) electrons. The van der Waals surface area contributed by atoms with E-state index in [9.17, 15) is 0 Å². The lowest BCUT2D eigenvalue weighted by Crippen LogP contribution is -2.36. The van der Waals surface area contributed by atoms with Crippen LogP contribution < -0.4 is 0 Å². The second kappa shape index (κ2) is 14.5. The molecule has 1 heterocycles. The summed E-state index contributed by atoms with van der Waals surface area (Å²) in [4.78, 5) is 2.87. The van der Waals surface area contributed by atoms with Crippen LogP contribution in [0.25, 0.3) is 0 Å². The lowest BCUT2D eigenvalue weighted by molar-refractivity contribution is 0.176. The lowest BCUT2D eigenvalue weighted by atomic mass is 9.99. The molecule has 1 fully saturated rings. The second-order valence-corrected chi connectivity index (χ2v) is 7.51. The average Bonchev–Trinajstić information content (AvgIpc) is 2.81. The fourth-order valence-electron chi connectivity index (χ4n) is 3.94. The van der Waals surface area contributed by atoms with Gasteiger partial charge in [0.15, 0.2) is 0 Å². The van der Waals surface area contributed by atoms with Crippen LogP contribution in [0.3, 0.4) is 0 Å². The average molecular weight is 310 g/mol. The normalized spacial score (nSPS) is 17.0. The van der Waals surface area contributed by atoms with Crippen molar-refractivity contribution in [2.45, 2.75) is 123 Å². The van der Waals surface area contributed by atoms with Gasteiger partial charge in [-0.1, -0.05) is 90.9 Å². The quantitative estimate of drug-likeness (QED) is 0.333. The first-order chi connectivity index (χ1) is 10.9. The molecule has 0 amide bonds. The molecule has 1 heteroatoms. The summed E-state index contributed by atoms with van der Waals surface area (Å²) in [7, 11) is 0. The monoisotopic (exact) mass is 309 g/mol. The number of hydrogen-bond donors (Lipinski definition) is 0. The number of likely N-dealkylation sites (tertiary alicyclic amines) is 1. The standard InChI is InChI=1S/C21H43N/c1-3-5-7-9-13-17-21(18-14-10-8-6-4-2)22-19-15-11-12-16-20-22/h21H,3-20H2,1-2H3. The first-order valence-electron chi connectivity index (χ1n) is 10.6. The minimum Gasteiger partial charge on any atom is -0.300 e. The van der Waals surface area contributed by atoms with E-state index in [2.05, 4.69) is 18.7 Å². The van der Waals surface area contributed by atoms with E-state index in [0.29, 0.717) is 0 Å². The van der Waals surface area contributed by atoms with Crippen LogP contribution in [-0.2, 0) is 0 Å². The molecule has 0 unspecified atom stereocenters. The van der Waals surface area contributed by atoms with Crippen molar-refractivity contribution in [3.05, 3.63) is 0 Å². The molecule has 1 aliphatic heterocycles. The predicted molar refractivity (Wildman–Crippen MR) is 101 cm³/mol. The molecule has 0 bridgehead atoms. The fourth-order valence-corrected chi connectivity index (χ4v) is 3.94. The Bertz CT molecular complexity index is 204. The Kier molecular flexibility index (Phi) is 13.2.